The molecular weight excluding hydrogens is 354 g/mol. The van der Waals surface area contributed by atoms with E-state index >= 15 is 0 Å². The lowest BCUT2D eigenvalue weighted by Gasteiger charge is -2.18. The van der Waals surface area contributed by atoms with Gasteiger partial charge in [0.2, 0.25) is 5.43 Å². The van der Waals surface area contributed by atoms with E-state index in [0.717, 1.165) is 17.0 Å². The van der Waals surface area contributed by atoms with Crippen LogP contribution in [0, 0.1) is 13.8 Å². The predicted molar refractivity (Wildman–Crippen MR) is 108 cm³/mol. The average Bonchev–Trinajstić information content (AvgIpc) is 2.69. The highest BCUT2D eigenvalue weighted by molar-refractivity contribution is 5.91. The SMILES string of the molecule is Cc1ccccc1OCCN(C)C(=O)c1nn(-c2ccccc2)c(C)cc1=O. The third-order valence-electron chi connectivity index (χ3n) is 4.44. The van der Waals surface area contributed by atoms with Gasteiger partial charge in [-0.25, -0.2) is 4.68 Å². The lowest BCUT2D eigenvalue weighted by Crippen LogP contribution is -2.36. The van der Waals surface area contributed by atoms with E-state index in [4.69, 9.17) is 4.74 Å². The maximum atomic E-state index is 12.8. The molecule has 0 saturated carbocycles. The summed E-state index contributed by atoms with van der Waals surface area (Å²) in [5, 5.41) is 4.32. The lowest BCUT2D eigenvalue weighted by molar-refractivity contribution is 0.0764. The molecule has 6 nitrogen and oxygen atoms in total. The predicted octanol–water partition coefficient (Wildman–Crippen LogP) is 3.00. The summed E-state index contributed by atoms with van der Waals surface area (Å²) in [7, 11) is 1.64. The maximum Gasteiger partial charge on any atom is 0.278 e. The van der Waals surface area contributed by atoms with Crippen molar-refractivity contribution < 1.29 is 9.53 Å². The van der Waals surface area contributed by atoms with Gasteiger partial charge >= 0.3 is 0 Å². The highest BCUT2D eigenvalue weighted by Crippen LogP contribution is 2.16. The smallest absolute Gasteiger partial charge is 0.278 e. The van der Waals surface area contributed by atoms with Crippen LogP contribution in [0.25, 0.3) is 5.69 Å². The summed E-state index contributed by atoms with van der Waals surface area (Å²) < 4.78 is 7.34. The van der Waals surface area contributed by atoms with Gasteiger partial charge in [-0.1, -0.05) is 36.4 Å². The Kier molecular flexibility index (Phi) is 5.89. The number of likely N-dealkylation sites (N-methyl/N-ethyl adjacent to an activating group) is 1. The monoisotopic (exact) mass is 377 g/mol. The summed E-state index contributed by atoms with van der Waals surface area (Å²) in [5.74, 6) is 0.353. The van der Waals surface area contributed by atoms with Crippen molar-refractivity contribution >= 4 is 5.91 Å². The van der Waals surface area contributed by atoms with Crippen molar-refractivity contribution in [2.75, 3.05) is 20.2 Å². The molecule has 1 aromatic heterocycles. The first-order chi connectivity index (χ1) is 13.5. The zero-order valence-corrected chi connectivity index (χ0v) is 16.3. The van der Waals surface area contributed by atoms with E-state index in [-0.39, 0.29) is 11.1 Å². The molecule has 0 aliphatic heterocycles. The second kappa shape index (κ2) is 8.52. The molecule has 2 aromatic carbocycles. The number of hydrogen-bond acceptors (Lipinski definition) is 4. The van der Waals surface area contributed by atoms with E-state index in [1.807, 2.05) is 61.5 Å². The number of amides is 1. The summed E-state index contributed by atoms with van der Waals surface area (Å²) in [4.78, 5) is 26.6. The summed E-state index contributed by atoms with van der Waals surface area (Å²) in [5.41, 5.74) is 1.99. The molecular formula is C22H23N3O3. The van der Waals surface area contributed by atoms with Gasteiger partial charge in [0, 0.05) is 18.8 Å². The number of carbonyl (C=O) groups excluding carboxylic acids is 1. The maximum absolute atomic E-state index is 12.8. The van der Waals surface area contributed by atoms with Crippen molar-refractivity contribution in [3.63, 3.8) is 0 Å². The fourth-order valence-electron chi connectivity index (χ4n) is 2.82. The van der Waals surface area contributed by atoms with Crippen LogP contribution in [0.1, 0.15) is 21.7 Å². The molecule has 28 heavy (non-hydrogen) atoms. The van der Waals surface area contributed by atoms with Gasteiger partial charge in [-0.15, -0.1) is 0 Å². The Morgan fingerprint density at radius 2 is 1.75 bits per heavy atom. The van der Waals surface area contributed by atoms with Gasteiger partial charge in [0.05, 0.1) is 12.2 Å². The number of para-hydroxylation sites is 2. The van der Waals surface area contributed by atoms with E-state index in [9.17, 15) is 9.59 Å². The first kappa shape index (κ1) is 19.4. The van der Waals surface area contributed by atoms with Gasteiger partial charge in [-0.3, -0.25) is 9.59 Å². The van der Waals surface area contributed by atoms with Gasteiger partial charge in [-0.2, -0.15) is 5.10 Å². The van der Waals surface area contributed by atoms with Crippen molar-refractivity contribution in [2.45, 2.75) is 13.8 Å². The van der Waals surface area contributed by atoms with Crippen molar-refractivity contribution in [1.82, 2.24) is 14.7 Å². The Morgan fingerprint density at radius 3 is 2.46 bits per heavy atom. The third-order valence-corrected chi connectivity index (χ3v) is 4.44. The van der Waals surface area contributed by atoms with Crippen LogP contribution in [0.3, 0.4) is 0 Å². The Hall–Kier alpha value is -3.41. The largest absolute Gasteiger partial charge is 0.491 e. The van der Waals surface area contributed by atoms with E-state index in [1.165, 1.54) is 11.0 Å². The Labute approximate surface area is 164 Å². The number of carbonyl (C=O) groups is 1. The van der Waals surface area contributed by atoms with Crippen LogP contribution in [0.15, 0.2) is 65.5 Å². The summed E-state index contributed by atoms with van der Waals surface area (Å²) in [6.45, 7) is 4.42. The molecule has 3 rings (SSSR count). The fourth-order valence-corrected chi connectivity index (χ4v) is 2.82. The van der Waals surface area contributed by atoms with Crippen LogP contribution < -0.4 is 10.2 Å². The molecule has 0 radical (unpaired) electrons. The number of benzene rings is 2. The number of hydrogen-bond donors (Lipinski definition) is 0. The molecule has 6 heteroatoms. The first-order valence-corrected chi connectivity index (χ1v) is 9.07. The molecule has 0 aliphatic carbocycles. The number of rotatable bonds is 6. The summed E-state index contributed by atoms with van der Waals surface area (Å²) in [6.07, 6.45) is 0. The Balaban J connectivity index is 1.74. The van der Waals surface area contributed by atoms with E-state index in [2.05, 4.69) is 5.10 Å². The minimum absolute atomic E-state index is 0.104. The van der Waals surface area contributed by atoms with Crippen LogP contribution in [0.2, 0.25) is 0 Å². The standard InChI is InChI=1S/C22H23N3O3/c1-16-9-7-8-12-20(16)28-14-13-24(3)22(27)21-19(26)15-17(2)25(23-21)18-10-5-4-6-11-18/h4-12,15H,13-14H2,1-3H3. The highest BCUT2D eigenvalue weighted by Gasteiger charge is 2.19. The zero-order valence-electron chi connectivity index (χ0n) is 16.3. The fraction of sp³-hybridized carbons (Fsp3) is 0.227. The number of ether oxygens (including phenoxy) is 1. The van der Waals surface area contributed by atoms with E-state index < -0.39 is 5.91 Å². The molecule has 1 heterocycles. The van der Waals surface area contributed by atoms with Crippen molar-refractivity contribution in [2.24, 2.45) is 0 Å². The molecule has 144 valence electrons. The van der Waals surface area contributed by atoms with Crippen molar-refractivity contribution in [1.29, 1.82) is 0 Å². The van der Waals surface area contributed by atoms with Crippen LogP contribution in [-0.2, 0) is 0 Å². The quantitative estimate of drug-likeness (QED) is 0.662. The van der Waals surface area contributed by atoms with Gasteiger partial charge < -0.3 is 9.64 Å². The minimum atomic E-state index is -0.428. The van der Waals surface area contributed by atoms with Gasteiger partial charge in [0.1, 0.15) is 12.4 Å². The van der Waals surface area contributed by atoms with Crippen LogP contribution in [-0.4, -0.2) is 40.8 Å². The second-order valence-electron chi connectivity index (χ2n) is 6.59. The summed E-state index contributed by atoms with van der Waals surface area (Å²) in [6, 6.07) is 18.5. The molecule has 0 saturated heterocycles. The molecule has 1 amide bonds. The normalized spacial score (nSPS) is 10.5. The lowest BCUT2D eigenvalue weighted by atomic mass is 10.2. The van der Waals surface area contributed by atoms with Crippen molar-refractivity contribution in [3.05, 3.63) is 87.8 Å². The first-order valence-electron chi connectivity index (χ1n) is 9.07. The zero-order chi connectivity index (χ0) is 20.1. The second-order valence-corrected chi connectivity index (χ2v) is 6.59. The molecule has 0 fully saturated rings. The molecule has 0 aliphatic rings. The Bertz CT molecular complexity index is 1030. The van der Waals surface area contributed by atoms with E-state index in [1.54, 1.807) is 18.7 Å². The molecule has 3 aromatic rings. The third kappa shape index (κ3) is 4.28. The topological polar surface area (TPSA) is 64.4 Å². The van der Waals surface area contributed by atoms with Gasteiger partial charge in [-0.05, 0) is 37.6 Å². The Morgan fingerprint density at radius 1 is 1.07 bits per heavy atom. The summed E-state index contributed by atoms with van der Waals surface area (Å²) >= 11 is 0. The number of nitrogens with zero attached hydrogens (tertiary/aromatic N) is 3. The minimum Gasteiger partial charge on any atom is -0.491 e. The number of aryl methyl sites for hydroxylation is 2. The highest BCUT2D eigenvalue weighted by atomic mass is 16.5. The van der Waals surface area contributed by atoms with Gasteiger partial charge in [0.15, 0.2) is 5.69 Å². The number of aromatic nitrogens is 2. The van der Waals surface area contributed by atoms with Gasteiger partial charge in [0.25, 0.3) is 5.91 Å². The van der Waals surface area contributed by atoms with Crippen molar-refractivity contribution in [3.8, 4) is 11.4 Å². The van der Waals surface area contributed by atoms with Crippen LogP contribution >= 0.6 is 0 Å². The molecule has 0 spiro atoms. The molecule has 0 atom stereocenters. The van der Waals surface area contributed by atoms with E-state index in [0.29, 0.717) is 18.8 Å². The molecule has 0 N–H and O–H groups in total. The molecule has 0 bridgehead atoms. The molecule has 0 unspecified atom stereocenters. The average molecular weight is 377 g/mol. The van der Waals surface area contributed by atoms with Crippen LogP contribution in [0.5, 0.6) is 5.75 Å². The van der Waals surface area contributed by atoms with Crippen LogP contribution in [0.4, 0.5) is 0 Å².